The Labute approximate surface area is 404 Å². The van der Waals surface area contributed by atoms with E-state index in [1.807, 2.05) is 0 Å². The molecule has 0 saturated heterocycles. The summed E-state index contributed by atoms with van der Waals surface area (Å²) in [5.74, 6) is 0. The lowest BCUT2D eigenvalue weighted by Crippen LogP contribution is -2.36. The Morgan fingerprint density at radius 1 is 0.275 bits per heavy atom. The topological polar surface area (TPSA) is 6.48 Å². The molecule has 1 heterocycles. The van der Waals surface area contributed by atoms with Crippen LogP contribution in [0.1, 0.15) is 22.3 Å². The van der Waals surface area contributed by atoms with E-state index in [4.69, 9.17) is 0 Å². The molecule has 1 aliphatic carbocycles. The summed E-state index contributed by atoms with van der Waals surface area (Å²) >= 11 is 0. The van der Waals surface area contributed by atoms with Gasteiger partial charge in [-0.3, -0.25) is 0 Å². The molecule has 0 bridgehead atoms. The highest BCUT2D eigenvalue weighted by Crippen LogP contribution is 2.65. The van der Waals surface area contributed by atoms with E-state index >= 15 is 0 Å². The van der Waals surface area contributed by atoms with Gasteiger partial charge in [0.25, 0.3) is 0 Å². The molecule has 11 aromatic carbocycles. The van der Waals surface area contributed by atoms with Crippen molar-refractivity contribution in [3.05, 3.63) is 301 Å². The van der Waals surface area contributed by atoms with Crippen LogP contribution in [0.2, 0.25) is 0 Å². The third kappa shape index (κ3) is 6.56. The quantitative estimate of drug-likeness (QED) is 0.150. The molecule has 0 unspecified atom stereocenters. The van der Waals surface area contributed by atoms with E-state index in [2.05, 4.69) is 289 Å². The number of nitrogens with zero attached hydrogens (tertiary/aromatic N) is 2. The summed E-state index contributed by atoms with van der Waals surface area (Å²) in [6.07, 6.45) is 0. The van der Waals surface area contributed by atoms with Crippen molar-refractivity contribution < 1.29 is 0 Å². The van der Waals surface area contributed by atoms with Crippen LogP contribution < -0.4 is 9.80 Å². The van der Waals surface area contributed by atoms with E-state index < -0.39 is 5.41 Å². The van der Waals surface area contributed by atoms with Crippen LogP contribution in [0.4, 0.5) is 34.1 Å². The summed E-state index contributed by atoms with van der Waals surface area (Å²) in [5, 5.41) is 0. The number of anilines is 6. The van der Waals surface area contributed by atoms with Crippen LogP contribution in [0.25, 0.3) is 55.6 Å². The summed E-state index contributed by atoms with van der Waals surface area (Å²) in [4.78, 5) is 4.95. The SMILES string of the molecule is c1ccc(-c2cccc(-c3ccc(-c4ccc(N(c5ccccc5-c5ccccc5)c5cccc6c5-c5ccccc5C65c6ccccc6N(c6ccccc6)c6ccccc65)cc4)cc3)c2)cc1. The first-order valence-electron chi connectivity index (χ1n) is 23.8. The number of hydrogen-bond donors (Lipinski definition) is 0. The maximum absolute atomic E-state index is 2.50. The van der Waals surface area contributed by atoms with Crippen molar-refractivity contribution in [2.24, 2.45) is 0 Å². The molecule has 2 heteroatoms. The van der Waals surface area contributed by atoms with Gasteiger partial charge in [-0.1, -0.05) is 224 Å². The van der Waals surface area contributed by atoms with E-state index in [9.17, 15) is 0 Å². The monoisotopic (exact) mass is 878 g/mol. The largest absolute Gasteiger partial charge is 0.310 e. The van der Waals surface area contributed by atoms with Gasteiger partial charge >= 0.3 is 0 Å². The fourth-order valence-electron chi connectivity index (χ4n) is 11.3. The van der Waals surface area contributed by atoms with E-state index in [-0.39, 0.29) is 0 Å². The molecule has 1 aliphatic heterocycles. The molecule has 324 valence electrons. The minimum absolute atomic E-state index is 0.579. The Kier molecular flexibility index (Phi) is 9.77. The molecule has 2 nitrogen and oxygen atoms in total. The molecular weight excluding hydrogens is 833 g/mol. The molecule has 1 spiro atoms. The highest BCUT2D eigenvalue weighted by molar-refractivity contribution is 6.02. The minimum Gasteiger partial charge on any atom is -0.310 e. The van der Waals surface area contributed by atoms with Crippen molar-refractivity contribution >= 4 is 34.1 Å². The predicted octanol–water partition coefficient (Wildman–Crippen LogP) is 18.0. The molecule has 2 aliphatic rings. The molecule has 0 saturated carbocycles. The average molecular weight is 879 g/mol. The van der Waals surface area contributed by atoms with Crippen LogP contribution in [0.5, 0.6) is 0 Å². The zero-order valence-electron chi connectivity index (χ0n) is 38.0. The second-order valence-electron chi connectivity index (χ2n) is 18.0. The molecule has 11 aromatic rings. The zero-order valence-corrected chi connectivity index (χ0v) is 38.0. The van der Waals surface area contributed by atoms with Gasteiger partial charge in [-0.05, 0) is 121 Å². The van der Waals surface area contributed by atoms with Crippen molar-refractivity contribution in [2.75, 3.05) is 9.80 Å². The molecule has 0 N–H and O–H groups in total. The summed E-state index contributed by atoms with van der Waals surface area (Å²) in [6, 6.07) is 102. The first-order valence-corrected chi connectivity index (χ1v) is 23.8. The van der Waals surface area contributed by atoms with Gasteiger partial charge < -0.3 is 9.80 Å². The maximum atomic E-state index is 2.50. The van der Waals surface area contributed by atoms with Crippen LogP contribution in [0, 0.1) is 0 Å². The second-order valence-corrected chi connectivity index (χ2v) is 18.0. The van der Waals surface area contributed by atoms with E-state index in [1.54, 1.807) is 0 Å². The van der Waals surface area contributed by atoms with Crippen molar-refractivity contribution in [2.45, 2.75) is 5.41 Å². The Balaban J connectivity index is 0.979. The fraction of sp³-hybridized carbons (Fsp3) is 0.0149. The fourth-order valence-corrected chi connectivity index (χ4v) is 11.3. The maximum Gasteiger partial charge on any atom is 0.0755 e. The first-order chi connectivity index (χ1) is 34.3. The Morgan fingerprint density at radius 3 is 1.33 bits per heavy atom. The average Bonchev–Trinajstić information content (AvgIpc) is 3.73. The molecule has 0 radical (unpaired) electrons. The van der Waals surface area contributed by atoms with Crippen LogP contribution >= 0.6 is 0 Å². The number of hydrogen-bond acceptors (Lipinski definition) is 2. The Hall–Kier alpha value is -8.98. The van der Waals surface area contributed by atoms with Crippen molar-refractivity contribution in [3.8, 4) is 55.6 Å². The van der Waals surface area contributed by atoms with Gasteiger partial charge in [-0.15, -0.1) is 0 Å². The third-order valence-corrected chi connectivity index (χ3v) is 14.3. The number of fused-ring (bicyclic) bond motifs is 9. The van der Waals surface area contributed by atoms with Gasteiger partial charge in [0.2, 0.25) is 0 Å². The summed E-state index contributed by atoms with van der Waals surface area (Å²) in [7, 11) is 0. The first kappa shape index (κ1) is 40.3. The number of benzene rings is 11. The van der Waals surface area contributed by atoms with Crippen molar-refractivity contribution in [3.63, 3.8) is 0 Å². The van der Waals surface area contributed by atoms with Gasteiger partial charge in [-0.25, -0.2) is 0 Å². The van der Waals surface area contributed by atoms with Gasteiger partial charge in [0.05, 0.1) is 28.2 Å². The van der Waals surface area contributed by atoms with E-state index in [0.717, 1.165) is 22.7 Å². The van der Waals surface area contributed by atoms with Crippen LogP contribution in [0.3, 0.4) is 0 Å². The Bertz CT molecular complexity index is 3610. The lowest BCUT2D eigenvalue weighted by molar-refractivity contribution is 0.752. The summed E-state index contributed by atoms with van der Waals surface area (Å²) in [5.41, 5.74) is 23.4. The molecule has 0 fully saturated rings. The van der Waals surface area contributed by atoms with E-state index in [1.165, 1.54) is 89.3 Å². The molecular formula is C67H46N2. The van der Waals surface area contributed by atoms with Crippen LogP contribution in [-0.2, 0) is 5.41 Å². The molecule has 13 rings (SSSR count). The Morgan fingerprint density at radius 2 is 0.696 bits per heavy atom. The van der Waals surface area contributed by atoms with E-state index in [0.29, 0.717) is 0 Å². The third-order valence-electron chi connectivity index (χ3n) is 14.3. The highest BCUT2D eigenvalue weighted by Gasteiger charge is 2.52. The summed E-state index contributed by atoms with van der Waals surface area (Å²) in [6.45, 7) is 0. The second kappa shape index (κ2) is 16.7. The normalized spacial score (nSPS) is 12.7. The van der Waals surface area contributed by atoms with Gasteiger partial charge in [-0.2, -0.15) is 0 Å². The minimum atomic E-state index is -0.579. The molecule has 0 aromatic heterocycles. The van der Waals surface area contributed by atoms with Crippen molar-refractivity contribution in [1.29, 1.82) is 0 Å². The lowest BCUT2D eigenvalue weighted by atomic mass is 9.64. The summed E-state index contributed by atoms with van der Waals surface area (Å²) < 4.78 is 0. The van der Waals surface area contributed by atoms with Crippen LogP contribution in [0.15, 0.2) is 279 Å². The molecule has 69 heavy (non-hydrogen) atoms. The lowest BCUT2D eigenvalue weighted by Gasteiger charge is -2.45. The number of rotatable bonds is 8. The molecule has 0 atom stereocenters. The van der Waals surface area contributed by atoms with Gasteiger partial charge in [0, 0.05) is 22.5 Å². The highest BCUT2D eigenvalue weighted by atomic mass is 15.2. The zero-order chi connectivity index (χ0) is 45.7. The van der Waals surface area contributed by atoms with Gasteiger partial charge in [0.1, 0.15) is 0 Å². The van der Waals surface area contributed by atoms with Crippen molar-refractivity contribution in [1.82, 2.24) is 0 Å². The van der Waals surface area contributed by atoms with Gasteiger partial charge in [0.15, 0.2) is 0 Å². The molecule has 0 amide bonds. The standard InChI is InChI=1S/C67H46N2/c1-4-20-47(21-5-1)52-24-18-25-53(46-52)50-40-38-48(39-41-50)49-42-44-55(45-43-49)68(62-34-15-11-28-56(62)51-22-6-2-7-23-51)65-37-19-33-61-66(65)57-29-10-12-30-58(57)67(61)59-31-13-16-35-63(59)69(54-26-8-3-9-27-54)64-36-17-14-32-60(64)67/h1-46H. The predicted molar refractivity (Wildman–Crippen MR) is 288 cm³/mol. The smallest absolute Gasteiger partial charge is 0.0755 e. The van der Waals surface area contributed by atoms with Crippen LogP contribution in [-0.4, -0.2) is 0 Å². The number of para-hydroxylation sites is 4.